The molecular formula is C25H21ClN2O6. The number of hydrogen-bond acceptors (Lipinski definition) is 5. The summed E-state index contributed by atoms with van der Waals surface area (Å²) in [5, 5.41) is 23.0. The second-order valence-corrected chi connectivity index (χ2v) is 8.16. The molecule has 0 aromatic heterocycles. The molecule has 2 amide bonds. The third kappa shape index (κ3) is 4.88. The fourth-order valence-electron chi connectivity index (χ4n) is 3.97. The minimum atomic E-state index is -1.47. The number of carboxylic acid groups (broad SMARTS) is 1. The first-order valence-corrected chi connectivity index (χ1v) is 10.8. The van der Waals surface area contributed by atoms with Crippen molar-refractivity contribution in [2.24, 2.45) is 0 Å². The van der Waals surface area contributed by atoms with Crippen LogP contribution in [0, 0.1) is 0 Å². The summed E-state index contributed by atoms with van der Waals surface area (Å²) in [4.78, 5) is 35.9. The Morgan fingerprint density at radius 2 is 1.59 bits per heavy atom. The number of hydrogen-bond donors (Lipinski definition) is 4. The van der Waals surface area contributed by atoms with E-state index < -0.39 is 30.6 Å². The van der Waals surface area contributed by atoms with Crippen molar-refractivity contribution in [2.75, 3.05) is 18.5 Å². The topological polar surface area (TPSA) is 125 Å². The van der Waals surface area contributed by atoms with E-state index in [-0.39, 0.29) is 28.8 Å². The van der Waals surface area contributed by atoms with Crippen molar-refractivity contribution >= 4 is 35.3 Å². The van der Waals surface area contributed by atoms with Crippen molar-refractivity contribution in [3.05, 3.63) is 88.4 Å². The van der Waals surface area contributed by atoms with E-state index in [1.54, 1.807) is 0 Å². The van der Waals surface area contributed by atoms with E-state index in [9.17, 15) is 14.4 Å². The number of aliphatic hydroxyl groups excluding tert-OH is 1. The number of carbonyl (C=O) groups is 3. The second-order valence-electron chi connectivity index (χ2n) is 7.73. The van der Waals surface area contributed by atoms with Gasteiger partial charge in [-0.25, -0.2) is 9.59 Å². The molecule has 0 aliphatic heterocycles. The zero-order valence-corrected chi connectivity index (χ0v) is 18.6. The van der Waals surface area contributed by atoms with Crippen molar-refractivity contribution in [1.82, 2.24) is 5.32 Å². The van der Waals surface area contributed by atoms with Gasteiger partial charge in [0.25, 0.3) is 5.91 Å². The van der Waals surface area contributed by atoms with Crippen molar-refractivity contribution in [3.8, 4) is 11.1 Å². The number of rotatable bonds is 7. The zero-order valence-electron chi connectivity index (χ0n) is 17.8. The standard InChI is InChI=1S/C25H21ClN2O6/c26-15-9-14(23(30)28-22(12-29)24(31)32)10-16(11-15)27-25(33)34-13-21-19-7-3-1-5-17(19)18-6-2-4-8-20(18)21/h1-11,21-22,29H,12-13H2,(H,27,33)(H,28,30)(H,31,32)/t22-/m1/s1. The predicted molar refractivity (Wildman–Crippen MR) is 126 cm³/mol. The van der Waals surface area contributed by atoms with Gasteiger partial charge < -0.3 is 20.3 Å². The van der Waals surface area contributed by atoms with E-state index in [0.717, 1.165) is 22.3 Å². The minimum absolute atomic E-state index is 0.0150. The van der Waals surface area contributed by atoms with Crippen molar-refractivity contribution in [2.45, 2.75) is 12.0 Å². The average molecular weight is 481 g/mol. The van der Waals surface area contributed by atoms with Crippen LogP contribution in [0.3, 0.4) is 0 Å². The number of ether oxygens (including phenoxy) is 1. The number of aliphatic hydroxyl groups is 1. The molecule has 1 aliphatic rings. The molecule has 0 fully saturated rings. The molecule has 4 rings (SSSR count). The number of carboxylic acids is 1. The van der Waals surface area contributed by atoms with Gasteiger partial charge in [-0.05, 0) is 40.5 Å². The second kappa shape index (κ2) is 9.94. The third-order valence-electron chi connectivity index (χ3n) is 5.54. The van der Waals surface area contributed by atoms with Crippen LogP contribution in [-0.4, -0.2) is 47.4 Å². The lowest BCUT2D eigenvalue weighted by atomic mass is 9.98. The van der Waals surface area contributed by atoms with Crippen LogP contribution in [0.15, 0.2) is 66.7 Å². The smallest absolute Gasteiger partial charge is 0.411 e. The van der Waals surface area contributed by atoms with Gasteiger partial charge in [-0.15, -0.1) is 0 Å². The first-order valence-electron chi connectivity index (χ1n) is 10.4. The summed E-state index contributed by atoms with van der Waals surface area (Å²) in [6.45, 7) is -0.656. The fraction of sp³-hybridized carbons (Fsp3) is 0.160. The average Bonchev–Trinajstić information content (AvgIpc) is 3.14. The molecule has 0 unspecified atom stereocenters. The van der Waals surface area contributed by atoms with Gasteiger partial charge in [0, 0.05) is 22.2 Å². The summed E-state index contributed by atoms with van der Waals surface area (Å²) < 4.78 is 5.49. The van der Waals surface area contributed by atoms with Crippen LogP contribution in [0.1, 0.15) is 27.4 Å². The molecule has 8 nitrogen and oxygen atoms in total. The number of halogens is 1. The first kappa shape index (κ1) is 23.3. The van der Waals surface area contributed by atoms with Gasteiger partial charge in [0.15, 0.2) is 6.04 Å². The summed E-state index contributed by atoms with van der Waals surface area (Å²) >= 11 is 6.07. The van der Waals surface area contributed by atoms with E-state index in [0.29, 0.717) is 0 Å². The molecule has 4 N–H and O–H groups in total. The number of aliphatic carboxylic acids is 1. The van der Waals surface area contributed by atoms with Gasteiger partial charge in [-0.3, -0.25) is 10.1 Å². The Bertz CT molecular complexity index is 1220. The lowest BCUT2D eigenvalue weighted by Gasteiger charge is -2.15. The molecule has 3 aromatic carbocycles. The monoisotopic (exact) mass is 480 g/mol. The molecule has 1 atom stereocenters. The lowest BCUT2D eigenvalue weighted by Crippen LogP contribution is -2.43. The Morgan fingerprint density at radius 1 is 0.971 bits per heavy atom. The molecule has 0 heterocycles. The van der Waals surface area contributed by atoms with Crippen LogP contribution in [0.2, 0.25) is 5.02 Å². The van der Waals surface area contributed by atoms with Crippen molar-refractivity contribution < 1.29 is 29.3 Å². The summed E-state index contributed by atoms with van der Waals surface area (Å²) in [7, 11) is 0. The number of amides is 2. The van der Waals surface area contributed by atoms with Crippen LogP contribution >= 0.6 is 11.6 Å². The normalized spacial score (nSPS) is 12.9. The van der Waals surface area contributed by atoms with Crippen LogP contribution in [0.5, 0.6) is 0 Å². The highest BCUT2D eigenvalue weighted by Gasteiger charge is 2.29. The van der Waals surface area contributed by atoms with Gasteiger partial charge >= 0.3 is 12.1 Å². The van der Waals surface area contributed by atoms with Crippen LogP contribution in [0.25, 0.3) is 11.1 Å². The van der Waals surface area contributed by atoms with Crippen LogP contribution in [-0.2, 0) is 9.53 Å². The van der Waals surface area contributed by atoms with E-state index in [2.05, 4.69) is 10.6 Å². The molecule has 9 heteroatoms. The van der Waals surface area contributed by atoms with E-state index in [4.69, 9.17) is 26.6 Å². The third-order valence-corrected chi connectivity index (χ3v) is 5.75. The molecule has 34 heavy (non-hydrogen) atoms. The van der Waals surface area contributed by atoms with Crippen LogP contribution in [0.4, 0.5) is 10.5 Å². The summed E-state index contributed by atoms with van der Waals surface area (Å²) in [5.74, 6) is -2.25. The maximum absolute atomic E-state index is 12.5. The molecular weight excluding hydrogens is 460 g/mol. The zero-order chi connectivity index (χ0) is 24.2. The molecule has 0 bridgehead atoms. The number of anilines is 1. The van der Waals surface area contributed by atoms with Gasteiger partial charge in [-0.1, -0.05) is 60.1 Å². The first-order chi connectivity index (χ1) is 16.4. The Hall–Kier alpha value is -3.88. The Morgan fingerprint density at radius 3 is 2.18 bits per heavy atom. The van der Waals surface area contributed by atoms with Gasteiger partial charge in [0.2, 0.25) is 0 Å². The highest BCUT2D eigenvalue weighted by atomic mass is 35.5. The SMILES string of the molecule is O=C(Nc1cc(Cl)cc(C(=O)N[C@H](CO)C(=O)O)c1)OCC1c2ccccc2-c2ccccc21. The van der Waals surface area contributed by atoms with Crippen molar-refractivity contribution in [1.29, 1.82) is 0 Å². The van der Waals surface area contributed by atoms with Crippen LogP contribution < -0.4 is 10.6 Å². The largest absolute Gasteiger partial charge is 0.480 e. The summed E-state index contributed by atoms with van der Waals surface area (Å²) in [6, 6.07) is 18.6. The Balaban J connectivity index is 1.44. The molecule has 0 saturated carbocycles. The predicted octanol–water partition coefficient (Wildman–Crippen LogP) is 3.88. The van der Waals surface area contributed by atoms with Gasteiger partial charge in [0.05, 0.1) is 6.61 Å². The summed E-state index contributed by atoms with van der Waals surface area (Å²) in [5.41, 5.74) is 4.59. The lowest BCUT2D eigenvalue weighted by molar-refractivity contribution is -0.140. The Labute approximate surface area is 200 Å². The van der Waals surface area contributed by atoms with E-state index in [1.807, 2.05) is 48.5 Å². The highest BCUT2D eigenvalue weighted by molar-refractivity contribution is 6.31. The molecule has 174 valence electrons. The highest BCUT2D eigenvalue weighted by Crippen LogP contribution is 2.44. The van der Waals surface area contributed by atoms with Crippen molar-refractivity contribution in [3.63, 3.8) is 0 Å². The number of nitrogens with one attached hydrogen (secondary N) is 2. The number of benzene rings is 3. The number of fused-ring (bicyclic) bond motifs is 3. The number of carbonyl (C=O) groups excluding carboxylic acids is 2. The van der Waals surface area contributed by atoms with Gasteiger partial charge in [0.1, 0.15) is 6.61 Å². The molecule has 3 aromatic rings. The summed E-state index contributed by atoms with van der Waals surface area (Å²) in [6.07, 6.45) is -0.728. The fourth-order valence-corrected chi connectivity index (χ4v) is 4.21. The maximum Gasteiger partial charge on any atom is 0.411 e. The van der Waals surface area contributed by atoms with Gasteiger partial charge in [-0.2, -0.15) is 0 Å². The molecule has 0 saturated heterocycles. The Kier molecular flexibility index (Phi) is 6.81. The molecule has 1 aliphatic carbocycles. The molecule has 0 radical (unpaired) electrons. The minimum Gasteiger partial charge on any atom is -0.480 e. The molecule has 0 spiro atoms. The maximum atomic E-state index is 12.5. The quantitative estimate of drug-likeness (QED) is 0.407. The van der Waals surface area contributed by atoms with E-state index in [1.165, 1.54) is 18.2 Å². The van der Waals surface area contributed by atoms with E-state index >= 15 is 0 Å².